The molecule has 1 heterocycles. The van der Waals surface area contributed by atoms with Crippen LogP contribution >= 0.6 is 0 Å². The fourth-order valence-corrected chi connectivity index (χ4v) is 3.97. The number of ether oxygens (including phenoxy) is 1. The van der Waals surface area contributed by atoms with Crippen molar-refractivity contribution in [1.82, 2.24) is 4.90 Å². The first-order valence-corrected chi connectivity index (χ1v) is 8.23. The lowest BCUT2D eigenvalue weighted by atomic mass is 9.96. The monoisotopic (exact) mass is 283 g/mol. The van der Waals surface area contributed by atoms with Crippen LogP contribution in [0.4, 0.5) is 0 Å². The second-order valence-corrected chi connectivity index (χ2v) is 6.32. The van der Waals surface area contributed by atoms with Gasteiger partial charge in [-0.1, -0.05) is 33.1 Å². The highest BCUT2D eigenvalue weighted by atomic mass is 16.5. The SMILES string of the molecule is CCC1CCCC(N(CC)C2COCC2C(=O)O)CC1. The van der Waals surface area contributed by atoms with Crippen molar-refractivity contribution in [3.8, 4) is 0 Å². The largest absolute Gasteiger partial charge is 0.481 e. The normalized spacial score (nSPS) is 35.1. The molecular weight excluding hydrogens is 254 g/mol. The van der Waals surface area contributed by atoms with E-state index in [-0.39, 0.29) is 12.0 Å². The zero-order chi connectivity index (χ0) is 14.5. The van der Waals surface area contributed by atoms with Crippen molar-refractivity contribution in [3.63, 3.8) is 0 Å². The van der Waals surface area contributed by atoms with Crippen molar-refractivity contribution in [3.05, 3.63) is 0 Å². The minimum Gasteiger partial charge on any atom is -0.481 e. The van der Waals surface area contributed by atoms with Crippen molar-refractivity contribution < 1.29 is 14.6 Å². The molecule has 0 aromatic carbocycles. The topological polar surface area (TPSA) is 49.8 Å². The first-order valence-electron chi connectivity index (χ1n) is 8.23. The molecule has 1 aliphatic carbocycles. The molecule has 2 rings (SSSR count). The van der Waals surface area contributed by atoms with E-state index in [9.17, 15) is 9.90 Å². The van der Waals surface area contributed by atoms with Crippen LogP contribution in [0.25, 0.3) is 0 Å². The number of carboxylic acid groups (broad SMARTS) is 1. The standard InChI is InChI=1S/C16H29NO3/c1-3-12-6-5-7-13(9-8-12)17(4-2)15-11-20-10-14(15)16(18)19/h12-15H,3-11H2,1-2H3,(H,18,19). The van der Waals surface area contributed by atoms with Crippen molar-refractivity contribution in [1.29, 1.82) is 0 Å². The molecular formula is C16H29NO3. The summed E-state index contributed by atoms with van der Waals surface area (Å²) in [6, 6.07) is 0.616. The van der Waals surface area contributed by atoms with Gasteiger partial charge in [-0.3, -0.25) is 9.69 Å². The zero-order valence-corrected chi connectivity index (χ0v) is 12.9. The van der Waals surface area contributed by atoms with Crippen molar-refractivity contribution >= 4 is 5.97 Å². The lowest BCUT2D eigenvalue weighted by molar-refractivity contribution is -0.143. The van der Waals surface area contributed by atoms with Crippen LogP contribution in [0.1, 0.15) is 52.4 Å². The van der Waals surface area contributed by atoms with E-state index in [4.69, 9.17) is 4.74 Å². The summed E-state index contributed by atoms with van der Waals surface area (Å²) in [6.45, 7) is 6.33. The molecule has 4 atom stereocenters. The predicted molar refractivity (Wildman–Crippen MR) is 78.8 cm³/mol. The summed E-state index contributed by atoms with van der Waals surface area (Å²) in [5.41, 5.74) is 0. The summed E-state index contributed by atoms with van der Waals surface area (Å²) in [5, 5.41) is 9.36. The Balaban J connectivity index is 2.01. The number of hydrogen-bond acceptors (Lipinski definition) is 3. The number of nitrogens with zero attached hydrogens (tertiary/aromatic N) is 1. The van der Waals surface area contributed by atoms with Crippen LogP contribution in [-0.4, -0.2) is 47.8 Å². The van der Waals surface area contributed by atoms with E-state index in [1.807, 2.05) is 0 Å². The van der Waals surface area contributed by atoms with Gasteiger partial charge in [0.25, 0.3) is 0 Å². The van der Waals surface area contributed by atoms with E-state index in [1.165, 1.54) is 38.5 Å². The maximum atomic E-state index is 11.4. The Morgan fingerprint density at radius 3 is 2.65 bits per heavy atom. The van der Waals surface area contributed by atoms with Gasteiger partial charge in [0.15, 0.2) is 0 Å². The van der Waals surface area contributed by atoms with Crippen molar-refractivity contribution in [2.75, 3.05) is 19.8 Å². The van der Waals surface area contributed by atoms with E-state index in [0.717, 1.165) is 12.5 Å². The van der Waals surface area contributed by atoms with Crippen LogP contribution in [0.2, 0.25) is 0 Å². The Labute approximate surface area is 122 Å². The van der Waals surface area contributed by atoms with Gasteiger partial charge in [-0.05, 0) is 31.7 Å². The van der Waals surface area contributed by atoms with E-state index >= 15 is 0 Å². The highest BCUT2D eigenvalue weighted by Gasteiger charge is 2.40. The quantitative estimate of drug-likeness (QED) is 0.788. The van der Waals surface area contributed by atoms with E-state index in [1.54, 1.807) is 0 Å². The number of rotatable bonds is 5. The molecule has 0 amide bonds. The van der Waals surface area contributed by atoms with Crippen molar-refractivity contribution in [2.24, 2.45) is 11.8 Å². The molecule has 0 aromatic heterocycles. The summed E-state index contributed by atoms with van der Waals surface area (Å²) in [6.07, 6.45) is 7.63. The van der Waals surface area contributed by atoms with Crippen LogP contribution in [-0.2, 0) is 9.53 Å². The number of carboxylic acids is 1. The third-order valence-electron chi connectivity index (χ3n) is 5.26. The Hall–Kier alpha value is -0.610. The fourth-order valence-electron chi connectivity index (χ4n) is 3.97. The molecule has 1 saturated carbocycles. The molecule has 1 N–H and O–H groups in total. The molecule has 4 nitrogen and oxygen atoms in total. The maximum absolute atomic E-state index is 11.4. The molecule has 2 fully saturated rings. The Kier molecular flexibility index (Phi) is 5.85. The minimum absolute atomic E-state index is 0.0701. The van der Waals surface area contributed by atoms with Gasteiger partial charge in [-0.15, -0.1) is 0 Å². The fraction of sp³-hybridized carbons (Fsp3) is 0.938. The molecule has 2 aliphatic rings. The molecule has 116 valence electrons. The lowest BCUT2D eigenvalue weighted by Crippen LogP contribution is -2.48. The second-order valence-electron chi connectivity index (χ2n) is 6.32. The molecule has 0 bridgehead atoms. The predicted octanol–water partition coefficient (Wildman–Crippen LogP) is 2.77. The molecule has 20 heavy (non-hydrogen) atoms. The molecule has 0 spiro atoms. The molecule has 1 aliphatic heterocycles. The van der Waals surface area contributed by atoms with Gasteiger partial charge in [-0.2, -0.15) is 0 Å². The summed E-state index contributed by atoms with van der Waals surface area (Å²) in [4.78, 5) is 13.8. The van der Waals surface area contributed by atoms with Crippen LogP contribution in [0.15, 0.2) is 0 Å². The molecule has 0 radical (unpaired) electrons. The third-order valence-corrected chi connectivity index (χ3v) is 5.26. The van der Waals surface area contributed by atoms with Crippen LogP contribution in [0.3, 0.4) is 0 Å². The minimum atomic E-state index is -0.703. The highest BCUT2D eigenvalue weighted by Crippen LogP contribution is 2.31. The maximum Gasteiger partial charge on any atom is 0.310 e. The van der Waals surface area contributed by atoms with Crippen LogP contribution in [0.5, 0.6) is 0 Å². The Morgan fingerprint density at radius 2 is 2.00 bits per heavy atom. The zero-order valence-electron chi connectivity index (χ0n) is 12.9. The summed E-state index contributed by atoms with van der Waals surface area (Å²) < 4.78 is 5.46. The number of aliphatic carboxylic acids is 1. The first-order chi connectivity index (χ1) is 9.67. The van der Waals surface area contributed by atoms with Gasteiger partial charge in [0.05, 0.1) is 19.1 Å². The average Bonchev–Trinajstić information content (AvgIpc) is 2.79. The molecule has 1 saturated heterocycles. The van der Waals surface area contributed by atoms with Gasteiger partial charge < -0.3 is 9.84 Å². The third kappa shape index (κ3) is 3.53. The first kappa shape index (κ1) is 15.8. The summed E-state index contributed by atoms with van der Waals surface area (Å²) in [7, 11) is 0. The van der Waals surface area contributed by atoms with E-state index in [0.29, 0.717) is 19.3 Å². The van der Waals surface area contributed by atoms with Gasteiger partial charge in [0, 0.05) is 12.1 Å². The van der Waals surface area contributed by atoms with E-state index < -0.39 is 5.97 Å². The Bertz CT molecular complexity index is 321. The second kappa shape index (κ2) is 7.41. The lowest BCUT2D eigenvalue weighted by Gasteiger charge is -2.36. The van der Waals surface area contributed by atoms with Gasteiger partial charge in [0.1, 0.15) is 0 Å². The van der Waals surface area contributed by atoms with Crippen LogP contribution < -0.4 is 0 Å². The molecule has 0 aromatic rings. The summed E-state index contributed by atoms with van der Waals surface area (Å²) >= 11 is 0. The number of hydrogen-bond donors (Lipinski definition) is 1. The highest BCUT2D eigenvalue weighted by molar-refractivity contribution is 5.71. The average molecular weight is 283 g/mol. The smallest absolute Gasteiger partial charge is 0.310 e. The van der Waals surface area contributed by atoms with Crippen molar-refractivity contribution in [2.45, 2.75) is 64.5 Å². The molecule has 4 unspecified atom stereocenters. The van der Waals surface area contributed by atoms with Gasteiger partial charge >= 0.3 is 5.97 Å². The van der Waals surface area contributed by atoms with E-state index in [2.05, 4.69) is 18.7 Å². The number of carbonyl (C=O) groups is 1. The van der Waals surface area contributed by atoms with Gasteiger partial charge in [0.2, 0.25) is 0 Å². The number of likely N-dealkylation sites (N-methyl/N-ethyl adjacent to an activating group) is 1. The Morgan fingerprint density at radius 1 is 1.20 bits per heavy atom. The molecule has 4 heteroatoms. The van der Waals surface area contributed by atoms with Crippen LogP contribution in [0, 0.1) is 11.8 Å². The van der Waals surface area contributed by atoms with Gasteiger partial charge in [-0.25, -0.2) is 0 Å². The summed E-state index contributed by atoms with van der Waals surface area (Å²) in [5.74, 6) is -0.181.